The molecule has 142 valence electrons. The van der Waals surface area contributed by atoms with Gasteiger partial charge in [-0.15, -0.1) is 0 Å². The lowest BCUT2D eigenvalue weighted by Gasteiger charge is -2.21. The number of non-ortho nitro benzene ring substituents is 1. The third kappa shape index (κ3) is 5.40. The SMILES string of the molecule is O=C(NCc1ccc(N2CCCCCC2)nc1)Nc1cccc([N+](=O)[O-])c1. The number of urea groups is 1. The van der Waals surface area contributed by atoms with Crippen LogP contribution >= 0.6 is 0 Å². The minimum Gasteiger partial charge on any atom is -0.357 e. The summed E-state index contributed by atoms with van der Waals surface area (Å²) < 4.78 is 0. The summed E-state index contributed by atoms with van der Waals surface area (Å²) >= 11 is 0. The van der Waals surface area contributed by atoms with Gasteiger partial charge in [0.25, 0.3) is 5.69 Å². The standard InChI is InChI=1S/C19H23N5O3/c25-19(22-16-6-5-7-17(12-16)24(26)27)21-14-15-8-9-18(20-13-15)23-10-3-1-2-4-11-23/h5-9,12-13H,1-4,10-11,14H2,(H2,21,22,25). The van der Waals surface area contributed by atoms with Crippen LogP contribution in [-0.2, 0) is 6.54 Å². The molecule has 2 amide bonds. The lowest BCUT2D eigenvalue weighted by molar-refractivity contribution is -0.384. The van der Waals surface area contributed by atoms with E-state index in [-0.39, 0.29) is 5.69 Å². The molecule has 1 aliphatic rings. The van der Waals surface area contributed by atoms with E-state index >= 15 is 0 Å². The summed E-state index contributed by atoms with van der Waals surface area (Å²) in [5.41, 5.74) is 1.19. The zero-order valence-electron chi connectivity index (χ0n) is 15.1. The van der Waals surface area contributed by atoms with E-state index in [1.807, 2.05) is 12.1 Å². The molecule has 2 aromatic rings. The molecule has 0 atom stereocenters. The molecule has 0 aliphatic carbocycles. The van der Waals surface area contributed by atoms with Gasteiger partial charge in [0.05, 0.1) is 4.92 Å². The topological polar surface area (TPSA) is 100 Å². The summed E-state index contributed by atoms with van der Waals surface area (Å²) in [6.45, 7) is 2.40. The van der Waals surface area contributed by atoms with Crippen LogP contribution in [0.4, 0.5) is 22.0 Å². The van der Waals surface area contributed by atoms with E-state index < -0.39 is 11.0 Å². The van der Waals surface area contributed by atoms with Gasteiger partial charge in [-0.1, -0.05) is 25.0 Å². The Morgan fingerprint density at radius 3 is 2.59 bits per heavy atom. The van der Waals surface area contributed by atoms with E-state index in [4.69, 9.17) is 0 Å². The number of amides is 2. The Balaban J connectivity index is 1.51. The number of nitrogens with one attached hydrogen (secondary N) is 2. The molecule has 8 heteroatoms. The first-order valence-corrected chi connectivity index (χ1v) is 9.11. The zero-order chi connectivity index (χ0) is 19.1. The number of hydrogen-bond acceptors (Lipinski definition) is 5. The van der Waals surface area contributed by atoms with E-state index in [0.29, 0.717) is 12.2 Å². The molecule has 27 heavy (non-hydrogen) atoms. The molecule has 1 fully saturated rings. The average Bonchev–Trinajstić information content (AvgIpc) is 2.96. The van der Waals surface area contributed by atoms with Crippen molar-refractivity contribution < 1.29 is 9.72 Å². The number of pyridine rings is 1. The number of aromatic nitrogens is 1. The Hall–Kier alpha value is -3.16. The Morgan fingerprint density at radius 1 is 1.15 bits per heavy atom. The second kappa shape index (κ2) is 8.98. The summed E-state index contributed by atoms with van der Waals surface area (Å²) in [4.78, 5) is 29.1. The minimum absolute atomic E-state index is 0.0684. The van der Waals surface area contributed by atoms with Crippen LogP contribution < -0.4 is 15.5 Å². The van der Waals surface area contributed by atoms with E-state index in [1.54, 1.807) is 12.3 Å². The van der Waals surface area contributed by atoms with Crippen molar-refractivity contribution in [3.8, 4) is 0 Å². The highest BCUT2D eigenvalue weighted by molar-refractivity contribution is 5.89. The average molecular weight is 369 g/mol. The first-order chi connectivity index (χ1) is 13.1. The van der Waals surface area contributed by atoms with Crippen LogP contribution in [0.2, 0.25) is 0 Å². The molecule has 0 saturated carbocycles. The molecule has 0 bridgehead atoms. The molecule has 1 saturated heterocycles. The molecule has 8 nitrogen and oxygen atoms in total. The van der Waals surface area contributed by atoms with Gasteiger partial charge in [-0.2, -0.15) is 0 Å². The number of nitro groups is 1. The number of carbonyl (C=O) groups excluding carboxylic acids is 1. The molecule has 1 aromatic carbocycles. The molecule has 0 spiro atoms. The van der Waals surface area contributed by atoms with Gasteiger partial charge in [0, 0.05) is 43.7 Å². The van der Waals surface area contributed by atoms with Crippen molar-refractivity contribution in [2.75, 3.05) is 23.3 Å². The van der Waals surface area contributed by atoms with Crippen molar-refractivity contribution in [2.45, 2.75) is 32.2 Å². The van der Waals surface area contributed by atoms with Crippen molar-refractivity contribution in [3.63, 3.8) is 0 Å². The maximum absolute atomic E-state index is 12.0. The maximum atomic E-state index is 12.0. The Morgan fingerprint density at radius 2 is 1.93 bits per heavy atom. The fourth-order valence-electron chi connectivity index (χ4n) is 3.06. The third-order valence-corrected chi connectivity index (χ3v) is 4.51. The lowest BCUT2D eigenvalue weighted by atomic mass is 10.2. The van der Waals surface area contributed by atoms with E-state index in [0.717, 1.165) is 24.5 Å². The summed E-state index contributed by atoms with van der Waals surface area (Å²) in [6, 6.07) is 9.34. The zero-order valence-corrected chi connectivity index (χ0v) is 15.1. The summed E-state index contributed by atoms with van der Waals surface area (Å²) in [5.74, 6) is 0.974. The number of benzene rings is 1. The van der Waals surface area contributed by atoms with Gasteiger partial charge in [-0.05, 0) is 30.5 Å². The first kappa shape index (κ1) is 18.6. The van der Waals surface area contributed by atoms with Gasteiger partial charge >= 0.3 is 6.03 Å². The summed E-state index contributed by atoms with van der Waals surface area (Å²) in [7, 11) is 0. The largest absolute Gasteiger partial charge is 0.357 e. The monoisotopic (exact) mass is 369 g/mol. The molecular formula is C19H23N5O3. The van der Waals surface area contributed by atoms with Gasteiger partial charge in [-0.3, -0.25) is 10.1 Å². The van der Waals surface area contributed by atoms with Gasteiger partial charge in [0.15, 0.2) is 0 Å². The quantitative estimate of drug-likeness (QED) is 0.618. The molecular weight excluding hydrogens is 346 g/mol. The number of nitro benzene ring substituents is 1. The number of carbonyl (C=O) groups is 1. The normalized spacial score (nSPS) is 14.3. The van der Waals surface area contributed by atoms with Crippen molar-refractivity contribution in [1.29, 1.82) is 0 Å². The molecule has 0 radical (unpaired) electrons. The van der Waals surface area contributed by atoms with Crippen molar-refractivity contribution in [3.05, 3.63) is 58.3 Å². The van der Waals surface area contributed by atoms with Crippen molar-refractivity contribution in [1.82, 2.24) is 10.3 Å². The van der Waals surface area contributed by atoms with Crippen molar-refractivity contribution in [2.24, 2.45) is 0 Å². The predicted molar refractivity (Wildman–Crippen MR) is 104 cm³/mol. The lowest BCUT2D eigenvalue weighted by Crippen LogP contribution is -2.28. The number of hydrogen-bond donors (Lipinski definition) is 2. The minimum atomic E-state index is -0.499. The molecule has 0 unspecified atom stereocenters. The number of nitrogens with zero attached hydrogens (tertiary/aromatic N) is 3. The Bertz CT molecular complexity index is 786. The fourth-order valence-corrected chi connectivity index (χ4v) is 3.06. The van der Waals surface area contributed by atoms with Gasteiger partial charge in [-0.25, -0.2) is 9.78 Å². The second-order valence-corrected chi connectivity index (χ2v) is 6.54. The summed E-state index contributed by atoms with van der Waals surface area (Å²) in [6.07, 6.45) is 6.72. The van der Waals surface area contributed by atoms with Crippen LogP contribution in [0.15, 0.2) is 42.6 Å². The molecule has 2 heterocycles. The maximum Gasteiger partial charge on any atom is 0.319 e. The molecule has 3 rings (SSSR count). The molecule has 1 aliphatic heterocycles. The van der Waals surface area contributed by atoms with E-state index in [2.05, 4.69) is 20.5 Å². The summed E-state index contributed by atoms with van der Waals surface area (Å²) in [5, 5.41) is 16.1. The number of rotatable bonds is 5. The highest BCUT2D eigenvalue weighted by Gasteiger charge is 2.11. The van der Waals surface area contributed by atoms with Gasteiger partial charge in [0.1, 0.15) is 5.82 Å². The van der Waals surface area contributed by atoms with Crippen molar-refractivity contribution >= 4 is 23.2 Å². The molecule has 2 N–H and O–H groups in total. The van der Waals surface area contributed by atoms with E-state index in [1.165, 1.54) is 43.9 Å². The highest BCUT2D eigenvalue weighted by atomic mass is 16.6. The third-order valence-electron chi connectivity index (χ3n) is 4.51. The van der Waals surface area contributed by atoms with Crippen LogP contribution in [0.25, 0.3) is 0 Å². The Labute approximate surface area is 157 Å². The molecule has 1 aromatic heterocycles. The number of anilines is 2. The highest BCUT2D eigenvalue weighted by Crippen LogP contribution is 2.18. The van der Waals surface area contributed by atoms with Crippen LogP contribution in [0.5, 0.6) is 0 Å². The second-order valence-electron chi connectivity index (χ2n) is 6.54. The smallest absolute Gasteiger partial charge is 0.319 e. The van der Waals surface area contributed by atoms with Crippen LogP contribution in [0.1, 0.15) is 31.2 Å². The van der Waals surface area contributed by atoms with E-state index in [9.17, 15) is 14.9 Å². The first-order valence-electron chi connectivity index (χ1n) is 9.11. The van der Waals surface area contributed by atoms with Crippen LogP contribution in [0.3, 0.4) is 0 Å². The van der Waals surface area contributed by atoms with Gasteiger partial charge < -0.3 is 15.5 Å². The van der Waals surface area contributed by atoms with Crippen LogP contribution in [0, 0.1) is 10.1 Å². The predicted octanol–water partition coefficient (Wildman–Crippen LogP) is 3.69. The fraction of sp³-hybridized carbons (Fsp3) is 0.368. The Kier molecular flexibility index (Phi) is 6.19. The van der Waals surface area contributed by atoms with Gasteiger partial charge in [0.2, 0.25) is 0 Å². The van der Waals surface area contributed by atoms with Crippen LogP contribution in [-0.4, -0.2) is 29.0 Å².